The van der Waals surface area contributed by atoms with E-state index >= 15 is 0 Å². The zero-order valence-electron chi connectivity index (χ0n) is 11.1. The molecule has 0 radical (unpaired) electrons. The second-order valence-corrected chi connectivity index (χ2v) is 4.62. The third-order valence-electron chi connectivity index (χ3n) is 3.42. The first-order valence-corrected chi connectivity index (χ1v) is 6.10. The van der Waals surface area contributed by atoms with E-state index in [1.54, 1.807) is 13.3 Å². The van der Waals surface area contributed by atoms with Crippen LogP contribution in [0.15, 0.2) is 12.3 Å². The third kappa shape index (κ3) is 3.50. The summed E-state index contributed by atoms with van der Waals surface area (Å²) in [6.45, 7) is 3.49. The Balaban J connectivity index is 0.00000180. The van der Waals surface area contributed by atoms with E-state index in [2.05, 4.69) is 9.88 Å². The van der Waals surface area contributed by atoms with E-state index in [9.17, 15) is 4.79 Å². The number of pyridine rings is 1. The lowest BCUT2D eigenvalue weighted by Gasteiger charge is -2.31. The van der Waals surface area contributed by atoms with Gasteiger partial charge < -0.3 is 14.7 Å². The predicted octanol–water partition coefficient (Wildman–Crippen LogP) is 2.12. The maximum absolute atomic E-state index is 10.9. The molecule has 2 heterocycles. The number of piperidine rings is 1. The number of aromatic nitrogens is 1. The van der Waals surface area contributed by atoms with Gasteiger partial charge in [0.25, 0.3) is 0 Å². The molecule has 0 amide bonds. The van der Waals surface area contributed by atoms with Crippen molar-refractivity contribution < 1.29 is 14.6 Å². The maximum atomic E-state index is 10.9. The molecular formula is C13H19ClN2O3. The SMILES string of the molecule is COc1ncc(N2CCC(C(=O)O)CC2)cc1C.Cl. The number of aryl methyl sites for hydroxylation is 1. The largest absolute Gasteiger partial charge is 0.481 e. The fraction of sp³-hybridized carbons (Fsp3) is 0.538. The molecule has 1 saturated heterocycles. The molecule has 0 aromatic carbocycles. The Kier molecular flexibility index (Phi) is 5.42. The van der Waals surface area contributed by atoms with Gasteiger partial charge in [-0.25, -0.2) is 4.98 Å². The minimum absolute atomic E-state index is 0. The van der Waals surface area contributed by atoms with E-state index in [-0.39, 0.29) is 18.3 Å². The number of nitrogens with zero attached hydrogens (tertiary/aromatic N) is 2. The lowest BCUT2D eigenvalue weighted by molar-refractivity contribution is -0.142. The molecule has 0 spiro atoms. The lowest BCUT2D eigenvalue weighted by Crippen LogP contribution is -2.36. The molecule has 0 bridgehead atoms. The van der Waals surface area contributed by atoms with Crippen LogP contribution in [-0.4, -0.2) is 36.3 Å². The fourth-order valence-corrected chi connectivity index (χ4v) is 2.32. The summed E-state index contributed by atoms with van der Waals surface area (Å²) in [4.78, 5) is 17.3. The quantitative estimate of drug-likeness (QED) is 0.922. The van der Waals surface area contributed by atoms with Crippen molar-refractivity contribution in [3.05, 3.63) is 17.8 Å². The van der Waals surface area contributed by atoms with Crippen LogP contribution >= 0.6 is 12.4 Å². The van der Waals surface area contributed by atoms with Crippen molar-refractivity contribution in [2.75, 3.05) is 25.1 Å². The van der Waals surface area contributed by atoms with Gasteiger partial charge in [-0.1, -0.05) is 0 Å². The first-order valence-electron chi connectivity index (χ1n) is 6.10. The van der Waals surface area contributed by atoms with Gasteiger partial charge in [0.15, 0.2) is 0 Å². The van der Waals surface area contributed by atoms with Crippen LogP contribution in [-0.2, 0) is 4.79 Å². The first kappa shape index (κ1) is 15.6. The van der Waals surface area contributed by atoms with Crippen LogP contribution in [0.1, 0.15) is 18.4 Å². The average Bonchev–Trinajstić information content (AvgIpc) is 2.38. The van der Waals surface area contributed by atoms with E-state index in [1.807, 2.05) is 13.0 Å². The average molecular weight is 287 g/mol. The number of hydrogen-bond acceptors (Lipinski definition) is 4. The van der Waals surface area contributed by atoms with Crippen molar-refractivity contribution in [2.45, 2.75) is 19.8 Å². The van der Waals surface area contributed by atoms with Crippen LogP contribution in [0.4, 0.5) is 5.69 Å². The molecule has 1 N–H and O–H groups in total. The molecule has 1 aromatic rings. The molecule has 1 aliphatic rings. The molecule has 1 aromatic heterocycles. The highest BCUT2D eigenvalue weighted by atomic mass is 35.5. The molecule has 106 valence electrons. The topological polar surface area (TPSA) is 62.7 Å². The van der Waals surface area contributed by atoms with Gasteiger partial charge >= 0.3 is 5.97 Å². The van der Waals surface area contributed by atoms with Crippen LogP contribution in [0.5, 0.6) is 5.88 Å². The van der Waals surface area contributed by atoms with Crippen molar-refractivity contribution in [1.29, 1.82) is 0 Å². The second kappa shape index (κ2) is 6.61. The van der Waals surface area contributed by atoms with Crippen LogP contribution in [0.3, 0.4) is 0 Å². The number of carbonyl (C=O) groups is 1. The normalized spacial score (nSPS) is 15.8. The summed E-state index contributed by atoms with van der Waals surface area (Å²) in [5, 5.41) is 8.96. The molecule has 2 rings (SSSR count). The second-order valence-electron chi connectivity index (χ2n) is 4.62. The lowest BCUT2D eigenvalue weighted by atomic mass is 9.97. The number of anilines is 1. The molecule has 6 heteroatoms. The van der Waals surface area contributed by atoms with Crippen molar-refractivity contribution in [1.82, 2.24) is 4.98 Å². The highest BCUT2D eigenvalue weighted by molar-refractivity contribution is 5.85. The van der Waals surface area contributed by atoms with Gasteiger partial charge in [0.1, 0.15) is 0 Å². The zero-order chi connectivity index (χ0) is 13.1. The van der Waals surface area contributed by atoms with E-state index in [4.69, 9.17) is 9.84 Å². The summed E-state index contributed by atoms with van der Waals surface area (Å²) in [7, 11) is 1.60. The van der Waals surface area contributed by atoms with Gasteiger partial charge in [-0.3, -0.25) is 4.79 Å². The number of ether oxygens (including phenoxy) is 1. The summed E-state index contributed by atoms with van der Waals surface area (Å²) in [6.07, 6.45) is 3.17. The van der Waals surface area contributed by atoms with Gasteiger partial charge in [-0.15, -0.1) is 12.4 Å². The summed E-state index contributed by atoms with van der Waals surface area (Å²) in [5.74, 6) is -0.244. The number of carboxylic acid groups (broad SMARTS) is 1. The van der Waals surface area contributed by atoms with Gasteiger partial charge in [0.05, 0.1) is 24.9 Å². The van der Waals surface area contributed by atoms with Crippen LogP contribution in [0, 0.1) is 12.8 Å². The molecule has 5 nitrogen and oxygen atoms in total. The van der Waals surface area contributed by atoms with Gasteiger partial charge in [-0.05, 0) is 25.8 Å². The monoisotopic (exact) mass is 286 g/mol. The number of methoxy groups -OCH3 is 1. The van der Waals surface area contributed by atoms with Crippen molar-refractivity contribution in [2.24, 2.45) is 5.92 Å². The molecule has 0 saturated carbocycles. The number of rotatable bonds is 3. The summed E-state index contributed by atoms with van der Waals surface area (Å²) < 4.78 is 5.13. The molecule has 0 unspecified atom stereocenters. The van der Waals surface area contributed by atoms with E-state index in [0.29, 0.717) is 18.7 Å². The van der Waals surface area contributed by atoms with Crippen LogP contribution < -0.4 is 9.64 Å². The Labute approximate surface area is 119 Å². The minimum atomic E-state index is -0.682. The van der Waals surface area contributed by atoms with E-state index in [1.165, 1.54) is 0 Å². The van der Waals surface area contributed by atoms with Crippen molar-refractivity contribution in [3.63, 3.8) is 0 Å². The van der Waals surface area contributed by atoms with E-state index in [0.717, 1.165) is 24.3 Å². The Morgan fingerprint density at radius 2 is 2.11 bits per heavy atom. The Hall–Kier alpha value is -1.49. The Morgan fingerprint density at radius 3 is 2.58 bits per heavy atom. The Morgan fingerprint density at radius 1 is 1.47 bits per heavy atom. The fourth-order valence-electron chi connectivity index (χ4n) is 2.32. The standard InChI is InChI=1S/C13H18N2O3.ClH/c1-9-7-11(8-14-12(9)18-2)15-5-3-10(4-6-15)13(16)17;/h7-8,10H,3-6H2,1-2H3,(H,16,17);1H. The first-order chi connectivity index (χ1) is 8.61. The molecule has 1 fully saturated rings. The molecule has 0 aliphatic carbocycles. The van der Waals surface area contributed by atoms with E-state index < -0.39 is 5.97 Å². The number of carboxylic acids is 1. The summed E-state index contributed by atoms with van der Waals surface area (Å²) >= 11 is 0. The van der Waals surface area contributed by atoms with Crippen molar-refractivity contribution >= 4 is 24.1 Å². The van der Waals surface area contributed by atoms with Gasteiger partial charge in [-0.2, -0.15) is 0 Å². The molecule has 1 aliphatic heterocycles. The highest BCUT2D eigenvalue weighted by Crippen LogP contribution is 2.26. The molecule has 0 atom stereocenters. The molecular weight excluding hydrogens is 268 g/mol. The summed E-state index contributed by atoms with van der Waals surface area (Å²) in [6, 6.07) is 2.03. The summed E-state index contributed by atoms with van der Waals surface area (Å²) in [5.41, 5.74) is 2.03. The highest BCUT2D eigenvalue weighted by Gasteiger charge is 2.24. The van der Waals surface area contributed by atoms with Gasteiger partial charge in [0, 0.05) is 18.7 Å². The molecule has 19 heavy (non-hydrogen) atoms. The minimum Gasteiger partial charge on any atom is -0.481 e. The number of aliphatic carboxylic acids is 1. The smallest absolute Gasteiger partial charge is 0.306 e. The van der Waals surface area contributed by atoms with Gasteiger partial charge in [0.2, 0.25) is 5.88 Å². The van der Waals surface area contributed by atoms with Crippen molar-refractivity contribution in [3.8, 4) is 5.88 Å². The number of halogens is 1. The third-order valence-corrected chi connectivity index (χ3v) is 3.42. The van der Waals surface area contributed by atoms with Crippen LogP contribution in [0.25, 0.3) is 0 Å². The predicted molar refractivity (Wildman–Crippen MR) is 75.3 cm³/mol. The van der Waals surface area contributed by atoms with Crippen LogP contribution in [0.2, 0.25) is 0 Å². The Bertz CT molecular complexity index is 446. The zero-order valence-corrected chi connectivity index (χ0v) is 11.9. The maximum Gasteiger partial charge on any atom is 0.306 e. The number of hydrogen-bond donors (Lipinski definition) is 1.